The monoisotopic (exact) mass is 299 g/mol. The highest BCUT2D eigenvalue weighted by Crippen LogP contribution is 2.11. The maximum absolute atomic E-state index is 11.6. The minimum Gasteiger partial charge on any atom is -0.444 e. The van der Waals surface area contributed by atoms with Crippen molar-refractivity contribution in [3.63, 3.8) is 0 Å². The largest absolute Gasteiger partial charge is 0.444 e. The van der Waals surface area contributed by atoms with E-state index in [1.165, 1.54) is 25.8 Å². The van der Waals surface area contributed by atoms with Gasteiger partial charge in [0.1, 0.15) is 5.60 Å². The van der Waals surface area contributed by atoms with Crippen LogP contribution in [0, 0.1) is 0 Å². The van der Waals surface area contributed by atoms with Crippen LogP contribution in [-0.4, -0.2) is 54.9 Å². The minimum absolute atomic E-state index is 0.203. The molecule has 2 N–H and O–H groups in total. The maximum Gasteiger partial charge on any atom is 0.410 e. The Kier molecular flexibility index (Phi) is 7.46. The van der Waals surface area contributed by atoms with Crippen LogP contribution in [0.4, 0.5) is 4.79 Å². The second kappa shape index (κ2) is 8.59. The molecule has 124 valence electrons. The van der Waals surface area contributed by atoms with Crippen molar-refractivity contribution >= 4 is 6.09 Å². The third kappa shape index (κ3) is 8.27. The molecule has 0 aliphatic carbocycles. The summed E-state index contributed by atoms with van der Waals surface area (Å²) in [5, 5.41) is 6.66. The molecule has 2 saturated heterocycles. The van der Waals surface area contributed by atoms with Crippen LogP contribution in [0.3, 0.4) is 0 Å². The van der Waals surface area contributed by atoms with E-state index in [2.05, 4.69) is 24.5 Å². The van der Waals surface area contributed by atoms with Gasteiger partial charge in [-0.2, -0.15) is 0 Å². The number of piperazine rings is 1. The van der Waals surface area contributed by atoms with E-state index < -0.39 is 5.60 Å². The number of hydrogen-bond acceptors (Lipinski definition) is 4. The van der Waals surface area contributed by atoms with Gasteiger partial charge in [0.25, 0.3) is 0 Å². The Labute approximate surface area is 129 Å². The fourth-order valence-electron chi connectivity index (χ4n) is 2.45. The molecule has 0 aromatic heterocycles. The van der Waals surface area contributed by atoms with Gasteiger partial charge in [0.2, 0.25) is 0 Å². The molecule has 0 saturated carbocycles. The van der Waals surface area contributed by atoms with Gasteiger partial charge < -0.3 is 20.3 Å². The maximum atomic E-state index is 11.6. The van der Waals surface area contributed by atoms with Crippen LogP contribution >= 0.6 is 0 Å². The number of carbonyl (C=O) groups is 1. The van der Waals surface area contributed by atoms with Crippen LogP contribution in [0.25, 0.3) is 0 Å². The number of carbonyl (C=O) groups excluding carboxylic acids is 1. The van der Waals surface area contributed by atoms with Crippen molar-refractivity contribution < 1.29 is 9.53 Å². The molecule has 0 unspecified atom stereocenters. The molecule has 1 amide bonds. The van der Waals surface area contributed by atoms with E-state index in [0.717, 1.165) is 25.7 Å². The molecule has 2 fully saturated rings. The first-order chi connectivity index (χ1) is 9.78. The highest BCUT2D eigenvalue weighted by molar-refractivity contribution is 5.68. The summed E-state index contributed by atoms with van der Waals surface area (Å²) < 4.78 is 5.28. The van der Waals surface area contributed by atoms with Gasteiger partial charge in [-0.15, -0.1) is 0 Å². The molecule has 5 nitrogen and oxygen atoms in total. The first-order valence-corrected chi connectivity index (χ1v) is 8.22. The van der Waals surface area contributed by atoms with Gasteiger partial charge in [0.15, 0.2) is 0 Å². The molecule has 5 heteroatoms. The number of nitrogens with one attached hydrogen (secondary N) is 2. The lowest BCUT2D eigenvalue weighted by Gasteiger charge is -2.33. The van der Waals surface area contributed by atoms with Crippen LogP contribution in [-0.2, 0) is 4.74 Å². The second-order valence-corrected chi connectivity index (χ2v) is 7.13. The molecule has 0 radical (unpaired) electrons. The molecule has 0 aromatic rings. The van der Waals surface area contributed by atoms with Gasteiger partial charge in [0, 0.05) is 31.7 Å². The average molecular weight is 299 g/mol. The van der Waals surface area contributed by atoms with Gasteiger partial charge >= 0.3 is 6.09 Å². The van der Waals surface area contributed by atoms with Gasteiger partial charge in [-0.05, 0) is 54.0 Å². The van der Waals surface area contributed by atoms with Crippen molar-refractivity contribution in [1.82, 2.24) is 15.5 Å². The predicted molar refractivity (Wildman–Crippen MR) is 86.6 cm³/mol. The number of hydrogen-bond donors (Lipinski definition) is 2. The number of rotatable bonds is 0. The molecule has 0 bridgehead atoms. The normalized spacial score (nSPS) is 26.6. The third-order valence-electron chi connectivity index (χ3n) is 3.58. The first-order valence-electron chi connectivity index (χ1n) is 8.22. The van der Waals surface area contributed by atoms with E-state index in [0.29, 0.717) is 6.04 Å². The molecule has 2 aliphatic heterocycles. The Morgan fingerprint density at radius 1 is 1.10 bits per heavy atom. The SMILES string of the molecule is C[C@H]1CCCCN1.C[C@H]1CN(C(=O)OC(C)(C)C)CCN1. The van der Waals surface area contributed by atoms with Gasteiger partial charge in [-0.3, -0.25) is 0 Å². The van der Waals surface area contributed by atoms with Crippen molar-refractivity contribution in [3.8, 4) is 0 Å². The summed E-state index contributed by atoms with van der Waals surface area (Å²) in [5.74, 6) is 0. The molecule has 2 heterocycles. The lowest BCUT2D eigenvalue weighted by atomic mass is 10.1. The zero-order valence-corrected chi connectivity index (χ0v) is 14.4. The summed E-state index contributed by atoms with van der Waals surface area (Å²) >= 11 is 0. The molecule has 0 aromatic carbocycles. The summed E-state index contributed by atoms with van der Waals surface area (Å²) in [6, 6.07) is 1.14. The summed E-state index contributed by atoms with van der Waals surface area (Å²) in [4.78, 5) is 13.4. The molecule has 0 spiro atoms. The van der Waals surface area contributed by atoms with Gasteiger partial charge in [-0.25, -0.2) is 4.79 Å². The average Bonchev–Trinajstić information content (AvgIpc) is 2.38. The van der Waals surface area contributed by atoms with Crippen LogP contribution < -0.4 is 10.6 Å². The fraction of sp³-hybridized carbons (Fsp3) is 0.938. The van der Waals surface area contributed by atoms with Crippen molar-refractivity contribution in [1.29, 1.82) is 0 Å². The van der Waals surface area contributed by atoms with Gasteiger partial charge in [0.05, 0.1) is 0 Å². The van der Waals surface area contributed by atoms with Crippen LogP contribution in [0.5, 0.6) is 0 Å². The Morgan fingerprint density at radius 3 is 2.19 bits per heavy atom. The van der Waals surface area contributed by atoms with E-state index in [-0.39, 0.29) is 6.09 Å². The Bertz CT molecular complexity index is 309. The molecular weight excluding hydrogens is 266 g/mol. The molecule has 2 aliphatic rings. The quantitative estimate of drug-likeness (QED) is 0.721. The van der Waals surface area contributed by atoms with Gasteiger partial charge in [-0.1, -0.05) is 6.42 Å². The zero-order chi connectivity index (χ0) is 15.9. The Morgan fingerprint density at radius 2 is 1.76 bits per heavy atom. The molecular formula is C16H33N3O2. The molecule has 2 rings (SSSR count). The molecule has 2 atom stereocenters. The molecule has 21 heavy (non-hydrogen) atoms. The van der Waals surface area contributed by atoms with Crippen LogP contribution in [0.15, 0.2) is 0 Å². The highest BCUT2D eigenvalue weighted by Gasteiger charge is 2.25. The first kappa shape index (κ1) is 18.2. The smallest absolute Gasteiger partial charge is 0.410 e. The van der Waals surface area contributed by atoms with E-state index in [1.54, 1.807) is 4.90 Å². The summed E-state index contributed by atoms with van der Waals surface area (Å²) in [5.41, 5.74) is -0.398. The highest BCUT2D eigenvalue weighted by atomic mass is 16.6. The second-order valence-electron chi connectivity index (χ2n) is 7.13. The summed E-state index contributed by atoms with van der Waals surface area (Å²) in [6.07, 6.45) is 3.98. The van der Waals surface area contributed by atoms with Crippen molar-refractivity contribution in [2.75, 3.05) is 26.2 Å². The van der Waals surface area contributed by atoms with Crippen LogP contribution in [0.1, 0.15) is 53.9 Å². The van der Waals surface area contributed by atoms with Crippen molar-refractivity contribution in [2.24, 2.45) is 0 Å². The lowest BCUT2D eigenvalue weighted by Crippen LogP contribution is -2.52. The number of amides is 1. The van der Waals surface area contributed by atoms with E-state index >= 15 is 0 Å². The standard InChI is InChI=1S/C10H20N2O2.C6H13N/c1-8-7-12(6-5-11-8)9(13)14-10(2,3)4;1-6-4-2-3-5-7-6/h8,11H,5-7H2,1-4H3;6-7H,2-5H2,1H3/t8-;6-/m00/s1. The van der Waals surface area contributed by atoms with E-state index in [4.69, 9.17) is 4.74 Å². The van der Waals surface area contributed by atoms with E-state index in [1.807, 2.05) is 20.8 Å². The Hall–Kier alpha value is -0.810. The summed E-state index contributed by atoms with van der Waals surface area (Å²) in [7, 11) is 0. The predicted octanol–water partition coefficient (Wildman–Crippen LogP) is 2.36. The van der Waals surface area contributed by atoms with E-state index in [9.17, 15) is 4.79 Å². The third-order valence-corrected chi connectivity index (χ3v) is 3.58. The number of piperidine rings is 1. The van der Waals surface area contributed by atoms with Crippen molar-refractivity contribution in [2.45, 2.75) is 71.6 Å². The minimum atomic E-state index is -0.398. The summed E-state index contributed by atoms with van der Waals surface area (Å²) in [6.45, 7) is 13.5. The van der Waals surface area contributed by atoms with Crippen LogP contribution in [0.2, 0.25) is 0 Å². The number of nitrogens with zero attached hydrogens (tertiary/aromatic N) is 1. The topological polar surface area (TPSA) is 53.6 Å². The number of ether oxygens (including phenoxy) is 1. The Balaban J connectivity index is 0.000000262. The zero-order valence-electron chi connectivity index (χ0n) is 14.4. The van der Waals surface area contributed by atoms with Crippen molar-refractivity contribution in [3.05, 3.63) is 0 Å². The fourth-order valence-corrected chi connectivity index (χ4v) is 2.45. The lowest BCUT2D eigenvalue weighted by molar-refractivity contribution is 0.0201.